The number of hydrogen-bond acceptors (Lipinski definition) is 2. The maximum atomic E-state index is 12.5. The third kappa shape index (κ3) is 1.68. The van der Waals surface area contributed by atoms with Gasteiger partial charge in [0.2, 0.25) is 5.82 Å². The van der Waals surface area contributed by atoms with Crippen LogP contribution in [-0.4, -0.2) is 14.6 Å². The van der Waals surface area contributed by atoms with Gasteiger partial charge in [0.25, 0.3) is 0 Å². The van der Waals surface area contributed by atoms with Crippen LogP contribution in [0.2, 0.25) is 0 Å². The van der Waals surface area contributed by atoms with Crippen molar-refractivity contribution >= 4 is 28.2 Å². The molecule has 0 atom stereocenters. The molecule has 2 heterocycles. The van der Waals surface area contributed by atoms with Crippen LogP contribution < -0.4 is 0 Å². The van der Waals surface area contributed by atoms with Gasteiger partial charge in [-0.15, -0.1) is 10.2 Å². The number of halogens is 4. The Balaban J connectivity index is 2.78. The molecule has 0 aromatic carbocycles. The molecule has 0 radical (unpaired) electrons. The molecule has 15 heavy (non-hydrogen) atoms. The average molecular weight is 327 g/mol. The SMILES string of the molecule is Cc1c(I)ccn2c(C(F)(F)F)nnc12. The third-order valence-corrected chi connectivity index (χ3v) is 3.18. The maximum absolute atomic E-state index is 12.5. The first-order valence-electron chi connectivity index (χ1n) is 3.98. The van der Waals surface area contributed by atoms with Crippen LogP contribution in [0.4, 0.5) is 13.2 Å². The van der Waals surface area contributed by atoms with Crippen molar-refractivity contribution in [3.8, 4) is 0 Å². The zero-order valence-electron chi connectivity index (χ0n) is 7.51. The van der Waals surface area contributed by atoms with Crippen LogP contribution >= 0.6 is 22.6 Å². The van der Waals surface area contributed by atoms with E-state index in [2.05, 4.69) is 10.2 Å². The summed E-state index contributed by atoms with van der Waals surface area (Å²) in [6, 6.07) is 1.60. The lowest BCUT2D eigenvalue weighted by atomic mass is 10.3. The fourth-order valence-corrected chi connectivity index (χ4v) is 1.66. The lowest BCUT2D eigenvalue weighted by molar-refractivity contribution is -0.145. The lowest BCUT2D eigenvalue weighted by Crippen LogP contribution is -2.10. The largest absolute Gasteiger partial charge is 0.452 e. The van der Waals surface area contributed by atoms with Crippen LogP contribution in [0, 0.1) is 10.5 Å². The van der Waals surface area contributed by atoms with Gasteiger partial charge in [-0.3, -0.25) is 4.40 Å². The summed E-state index contributed by atoms with van der Waals surface area (Å²) in [6.07, 6.45) is -3.15. The minimum atomic E-state index is -4.47. The van der Waals surface area contributed by atoms with E-state index in [-0.39, 0.29) is 5.65 Å². The lowest BCUT2D eigenvalue weighted by Gasteiger charge is -2.05. The second-order valence-electron chi connectivity index (χ2n) is 3.00. The van der Waals surface area contributed by atoms with Crippen LogP contribution in [-0.2, 0) is 6.18 Å². The van der Waals surface area contributed by atoms with E-state index in [0.717, 1.165) is 7.97 Å². The highest BCUT2D eigenvalue weighted by Crippen LogP contribution is 2.29. The van der Waals surface area contributed by atoms with E-state index < -0.39 is 12.0 Å². The number of alkyl halides is 3. The average Bonchev–Trinajstić information content (AvgIpc) is 2.54. The van der Waals surface area contributed by atoms with Crippen molar-refractivity contribution in [2.75, 3.05) is 0 Å². The molecule has 0 unspecified atom stereocenters. The fraction of sp³-hybridized carbons (Fsp3) is 0.250. The van der Waals surface area contributed by atoms with Crippen LogP contribution in [0.15, 0.2) is 12.3 Å². The van der Waals surface area contributed by atoms with Gasteiger partial charge in [-0.1, -0.05) is 0 Å². The summed E-state index contributed by atoms with van der Waals surface area (Å²) in [5.74, 6) is -0.989. The Labute approximate surface area is 96.4 Å². The Kier molecular flexibility index (Phi) is 2.36. The number of rotatable bonds is 0. The number of fused-ring (bicyclic) bond motifs is 1. The van der Waals surface area contributed by atoms with E-state index in [1.165, 1.54) is 6.20 Å². The van der Waals surface area contributed by atoms with Crippen LogP contribution in [0.3, 0.4) is 0 Å². The normalized spacial score (nSPS) is 12.3. The van der Waals surface area contributed by atoms with Gasteiger partial charge in [0.05, 0.1) is 0 Å². The molecule has 0 saturated heterocycles. The minimum Gasteiger partial charge on any atom is -0.278 e. The molecule has 3 nitrogen and oxygen atoms in total. The highest BCUT2D eigenvalue weighted by molar-refractivity contribution is 14.1. The summed E-state index contributed by atoms with van der Waals surface area (Å²) in [6.45, 7) is 1.71. The number of pyridine rings is 1. The standard InChI is InChI=1S/C8H5F3IN3/c1-4-5(12)2-3-15-6(4)13-14-7(15)8(9,10)11/h2-3H,1H3. The van der Waals surface area contributed by atoms with E-state index in [1.807, 2.05) is 22.6 Å². The second kappa shape index (κ2) is 3.32. The molecule has 2 rings (SSSR count). The number of aryl methyl sites for hydroxylation is 1. The van der Waals surface area contributed by atoms with Crippen molar-refractivity contribution in [3.63, 3.8) is 0 Å². The number of aromatic nitrogens is 3. The summed E-state index contributed by atoms with van der Waals surface area (Å²) in [5.41, 5.74) is 0.940. The molecule has 0 aliphatic heterocycles. The predicted molar refractivity (Wildman–Crippen MR) is 55.4 cm³/mol. The highest BCUT2D eigenvalue weighted by atomic mass is 127. The Hall–Kier alpha value is -0.860. The molecule has 0 bridgehead atoms. The van der Waals surface area contributed by atoms with Gasteiger partial charge in [-0.2, -0.15) is 13.2 Å². The zero-order chi connectivity index (χ0) is 11.2. The fourth-order valence-electron chi connectivity index (χ4n) is 1.25. The Morgan fingerprint density at radius 3 is 2.60 bits per heavy atom. The van der Waals surface area contributed by atoms with Crippen LogP contribution in [0.25, 0.3) is 5.65 Å². The highest BCUT2D eigenvalue weighted by Gasteiger charge is 2.37. The van der Waals surface area contributed by atoms with Crippen molar-refractivity contribution in [2.24, 2.45) is 0 Å². The first-order valence-corrected chi connectivity index (χ1v) is 5.06. The summed E-state index contributed by atoms with van der Waals surface area (Å²) >= 11 is 2.04. The Morgan fingerprint density at radius 2 is 2.00 bits per heavy atom. The molecule has 2 aromatic heterocycles. The molecule has 0 amide bonds. The predicted octanol–water partition coefficient (Wildman–Crippen LogP) is 2.66. The van der Waals surface area contributed by atoms with Crippen molar-refractivity contribution in [1.82, 2.24) is 14.6 Å². The quantitative estimate of drug-likeness (QED) is 0.697. The molecule has 0 spiro atoms. The van der Waals surface area contributed by atoms with E-state index in [4.69, 9.17) is 0 Å². The first-order chi connectivity index (χ1) is 6.91. The van der Waals surface area contributed by atoms with Gasteiger partial charge < -0.3 is 0 Å². The maximum Gasteiger partial charge on any atom is 0.452 e. The minimum absolute atomic E-state index is 0.245. The first kappa shape index (κ1) is 10.7. The van der Waals surface area contributed by atoms with E-state index >= 15 is 0 Å². The summed E-state index contributed by atoms with van der Waals surface area (Å²) in [4.78, 5) is 0. The second-order valence-corrected chi connectivity index (χ2v) is 4.17. The van der Waals surface area contributed by atoms with Crippen molar-refractivity contribution in [1.29, 1.82) is 0 Å². The van der Waals surface area contributed by atoms with Gasteiger partial charge in [0.1, 0.15) is 0 Å². The number of hydrogen-bond donors (Lipinski definition) is 0. The smallest absolute Gasteiger partial charge is 0.278 e. The molecule has 2 aromatic rings. The summed E-state index contributed by atoms with van der Waals surface area (Å²) < 4.78 is 39.2. The van der Waals surface area contributed by atoms with Crippen molar-refractivity contribution in [2.45, 2.75) is 13.1 Å². The number of nitrogens with zero attached hydrogens (tertiary/aromatic N) is 3. The molecule has 0 saturated carbocycles. The van der Waals surface area contributed by atoms with Crippen LogP contribution in [0.5, 0.6) is 0 Å². The Morgan fingerprint density at radius 1 is 1.33 bits per heavy atom. The molecule has 0 aliphatic carbocycles. The van der Waals surface area contributed by atoms with Gasteiger partial charge >= 0.3 is 6.18 Å². The monoisotopic (exact) mass is 327 g/mol. The van der Waals surface area contributed by atoms with E-state index in [1.54, 1.807) is 13.0 Å². The van der Waals surface area contributed by atoms with Crippen LogP contribution in [0.1, 0.15) is 11.4 Å². The van der Waals surface area contributed by atoms with Gasteiger partial charge in [0, 0.05) is 15.3 Å². The van der Waals surface area contributed by atoms with Gasteiger partial charge in [-0.05, 0) is 35.6 Å². The van der Waals surface area contributed by atoms with E-state index in [9.17, 15) is 13.2 Å². The molecule has 7 heteroatoms. The van der Waals surface area contributed by atoms with Gasteiger partial charge in [-0.25, -0.2) is 0 Å². The molecule has 80 valence electrons. The van der Waals surface area contributed by atoms with Crippen molar-refractivity contribution in [3.05, 3.63) is 27.2 Å². The van der Waals surface area contributed by atoms with Crippen molar-refractivity contribution < 1.29 is 13.2 Å². The van der Waals surface area contributed by atoms with Gasteiger partial charge in [0.15, 0.2) is 5.65 Å². The molecular formula is C8H5F3IN3. The molecule has 0 aliphatic rings. The summed E-state index contributed by atoms with van der Waals surface area (Å²) in [7, 11) is 0. The summed E-state index contributed by atoms with van der Waals surface area (Å²) in [5, 5.41) is 6.69. The zero-order valence-corrected chi connectivity index (χ0v) is 9.67. The molecule has 0 fully saturated rings. The molecular weight excluding hydrogens is 322 g/mol. The topological polar surface area (TPSA) is 30.2 Å². The molecule has 0 N–H and O–H groups in total. The Bertz CT molecular complexity index is 518. The third-order valence-electron chi connectivity index (χ3n) is 2.01. The van der Waals surface area contributed by atoms with E-state index in [0.29, 0.717) is 5.56 Å².